The highest BCUT2D eigenvalue weighted by molar-refractivity contribution is 6.91. The first-order valence-corrected chi connectivity index (χ1v) is 12.4. The second-order valence-corrected chi connectivity index (χ2v) is 13.1. The summed E-state index contributed by atoms with van der Waals surface area (Å²) in [4.78, 5) is 0. The summed E-state index contributed by atoms with van der Waals surface area (Å²) in [5, 5.41) is 12.2. The van der Waals surface area contributed by atoms with Gasteiger partial charge in [-0.25, -0.2) is 0 Å². The Kier molecular flexibility index (Phi) is 5.21. The SMILES string of the molecule is COC[C@H](O)[C@@H]1O[C@H]2CCCC[C@]2(C)[C@H]1[Si](C)(C)c1ccccc1. The largest absolute Gasteiger partial charge is 0.388 e. The van der Waals surface area contributed by atoms with Crippen LogP contribution < -0.4 is 5.19 Å². The fourth-order valence-corrected chi connectivity index (χ4v) is 9.92. The van der Waals surface area contributed by atoms with E-state index in [0.29, 0.717) is 12.1 Å². The van der Waals surface area contributed by atoms with Gasteiger partial charge in [0, 0.05) is 7.11 Å². The molecule has 0 amide bonds. The second kappa shape index (κ2) is 6.91. The molecule has 1 saturated heterocycles. The minimum absolute atomic E-state index is 0.111. The predicted molar refractivity (Wildman–Crippen MR) is 100 cm³/mol. The van der Waals surface area contributed by atoms with Crippen LogP contribution >= 0.6 is 0 Å². The summed E-state index contributed by atoms with van der Waals surface area (Å²) in [6.45, 7) is 7.66. The minimum atomic E-state index is -1.82. The Balaban J connectivity index is 2.01. The van der Waals surface area contributed by atoms with Gasteiger partial charge in [-0.05, 0) is 23.8 Å². The van der Waals surface area contributed by atoms with Gasteiger partial charge < -0.3 is 14.6 Å². The van der Waals surface area contributed by atoms with Crippen LogP contribution in [0.2, 0.25) is 18.6 Å². The molecule has 3 rings (SSSR count). The van der Waals surface area contributed by atoms with Gasteiger partial charge in [-0.1, -0.05) is 68.4 Å². The van der Waals surface area contributed by atoms with E-state index < -0.39 is 14.2 Å². The van der Waals surface area contributed by atoms with Crippen molar-refractivity contribution in [3.63, 3.8) is 0 Å². The number of ether oxygens (including phenoxy) is 2. The number of aliphatic hydroxyl groups excluding tert-OH is 1. The lowest BCUT2D eigenvalue weighted by atomic mass is 9.71. The third-order valence-corrected chi connectivity index (χ3v) is 10.9. The summed E-state index contributed by atoms with van der Waals surface area (Å²) in [6.07, 6.45) is 4.48. The number of hydrogen-bond donors (Lipinski definition) is 1. The van der Waals surface area contributed by atoms with E-state index in [2.05, 4.69) is 50.3 Å². The van der Waals surface area contributed by atoms with E-state index in [1.165, 1.54) is 24.4 Å². The highest BCUT2D eigenvalue weighted by atomic mass is 28.3. The molecule has 0 aromatic heterocycles. The summed E-state index contributed by atoms with van der Waals surface area (Å²) in [5.74, 6) is 0. The molecular weight excluding hydrogens is 316 g/mol. The van der Waals surface area contributed by atoms with Crippen LogP contribution in [0.3, 0.4) is 0 Å². The molecule has 134 valence electrons. The van der Waals surface area contributed by atoms with Crippen molar-refractivity contribution in [3.05, 3.63) is 30.3 Å². The standard InChI is InChI=1S/C20H32O3Si/c1-20-13-9-8-12-17(20)23-18(16(21)14-22-2)19(20)24(3,4)15-10-6-5-7-11-15/h5-7,10-11,16-19,21H,8-9,12-14H2,1-4H3/t16-,17-,18-,19-,20-/m0/s1. The van der Waals surface area contributed by atoms with Crippen molar-refractivity contribution in [2.45, 2.75) is 69.6 Å². The molecule has 3 nitrogen and oxygen atoms in total. The van der Waals surface area contributed by atoms with Gasteiger partial charge in [-0.3, -0.25) is 0 Å². The Morgan fingerprint density at radius 1 is 1.29 bits per heavy atom. The van der Waals surface area contributed by atoms with Crippen molar-refractivity contribution < 1.29 is 14.6 Å². The fraction of sp³-hybridized carbons (Fsp3) is 0.700. The third kappa shape index (κ3) is 2.98. The average molecular weight is 349 g/mol. The molecule has 1 aromatic carbocycles. The maximum atomic E-state index is 10.8. The van der Waals surface area contributed by atoms with Crippen LogP contribution in [0.15, 0.2) is 30.3 Å². The zero-order valence-electron chi connectivity index (χ0n) is 15.5. The molecule has 1 aliphatic carbocycles. The fourth-order valence-electron chi connectivity index (χ4n) is 5.41. The van der Waals surface area contributed by atoms with Crippen LogP contribution in [0.5, 0.6) is 0 Å². The van der Waals surface area contributed by atoms with E-state index in [9.17, 15) is 5.11 Å². The van der Waals surface area contributed by atoms with Crippen molar-refractivity contribution in [1.82, 2.24) is 0 Å². The molecule has 0 radical (unpaired) electrons. The molecule has 1 N–H and O–H groups in total. The van der Waals surface area contributed by atoms with Crippen LogP contribution in [-0.2, 0) is 9.47 Å². The van der Waals surface area contributed by atoms with E-state index in [1.54, 1.807) is 7.11 Å². The maximum absolute atomic E-state index is 10.8. The Hall–Kier alpha value is -0.683. The van der Waals surface area contributed by atoms with E-state index >= 15 is 0 Å². The van der Waals surface area contributed by atoms with Crippen molar-refractivity contribution in [2.75, 3.05) is 13.7 Å². The predicted octanol–water partition coefficient (Wildman–Crippen LogP) is 3.33. The first-order valence-electron chi connectivity index (χ1n) is 9.29. The van der Waals surface area contributed by atoms with E-state index in [1.807, 2.05) is 0 Å². The molecular formula is C20H32O3Si. The van der Waals surface area contributed by atoms with Gasteiger partial charge in [-0.2, -0.15) is 0 Å². The molecule has 1 aromatic rings. The summed E-state index contributed by atoms with van der Waals surface area (Å²) >= 11 is 0. The number of rotatable bonds is 5. The third-order valence-electron chi connectivity index (χ3n) is 6.54. The number of hydrogen-bond acceptors (Lipinski definition) is 3. The number of benzene rings is 1. The van der Waals surface area contributed by atoms with Crippen molar-refractivity contribution in [3.8, 4) is 0 Å². The molecule has 5 atom stereocenters. The molecule has 0 bridgehead atoms. The van der Waals surface area contributed by atoms with Gasteiger partial charge in [-0.15, -0.1) is 0 Å². The lowest BCUT2D eigenvalue weighted by molar-refractivity contribution is -0.0723. The number of fused-ring (bicyclic) bond motifs is 1. The summed E-state index contributed by atoms with van der Waals surface area (Å²) < 4.78 is 11.8. The lowest BCUT2D eigenvalue weighted by Gasteiger charge is -2.46. The minimum Gasteiger partial charge on any atom is -0.388 e. The average Bonchev–Trinajstić information content (AvgIpc) is 2.89. The first-order chi connectivity index (χ1) is 11.4. The highest BCUT2D eigenvalue weighted by Gasteiger charge is 2.60. The van der Waals surface area contributed by atoms with Gasteiger partial charge in [0.2, 0.25) is 0 Å². The number of aliphatic hydroxyl groups is 1. The molecule has 0 spiro atoms. The Bertz CT molecular complexity index is 547. The van der Waals surface area contributed by atoms with Gasteiger partial charge in [0.05, 0.1) is 26.9 Å². The summed E-state index contributed by atoms with van der Waals surface area (Å²) in [5.41, 5.74) is 0.575. The Morgan fingerprint density at radius 2 is 2.00 bits per heavy atom. The van der Waals surface area contributed by atoms with Gasteiger partial charge in [0.1, 0.15) is 6.10 Å². The van der Waals surface area contributed by atoms with E-state index in [-0.39, 0.29) is 17.6 Å². The second-order valence-electron chi connectivity index (χ2n) is 8.43. The highest BCUT2D eigenvalue weighted by Crippen LogP contribution is 2.58. The van der Waals surface area contributed by atoms with Crippen LogP contribution in [0.25, 0.3) is 0 Å². The first kappa shape index (κ1) is 18.1. The monoisotopic (exact) mass is 348 g/mol. The smallest absolute Gasteiger partial charge is 0.103 e. The summed E-state index contributed by atoms with van der Waals surface area (Å²) in [6, 6.07) is 10.9. The van der Waals surface area contributed by atoms with Gasteiger partial charge in [0.25, 0.3) is 0 Å². The van der Waals surface area contributed by atoms with Crippen LogP contribution in [0.4, 0.5) is 0 Å². The molecule has 4 heteroatoms. The Labute approximate surface area is 147 Å². The van der Waals surface area contributed by atoms with Crippen molar-refractivity contribution in [2.24, 2.45) is 5.41 Å². The molecule has 0 unspecified atom stereocenters. The Morgan fingerprint density at radius 3 is 2.67 bits per heavy atom. The molecule has 1 aliphatic heterocycles. The molecule has 2 aliphatic rings. The lowest BCUT2D eigenvalue weighted by Crippen LogP contribution is -2.56. The molecule has 24 heavy (non-hydrogen) atoms. The summed E-state index contributed by atoms with van der Waals surface area (Å²) in [7, 11) is -0.168. The zero-order chi connectivity index (χ0) is 17.4. The van der Waals surface area contributed by atoms with Gasteiger partial charge >= 0.3 is 0 Å². The quantitative estimate of drug-likeness (QED) is 0.830. The van der Waals surface area contributed by atoms with Crippen LogP contribution in [-0.4, -0.2) is 45.2 Å². The maximum Gasteiger partial charge on any atom is 0.103 e. The normalized spacial score (nSPS) is 34.8. The zero-order valence-corrected chi connectivity index (χ0v) is 16.5. The number of methoxy groups -OCH3 is 1. The van der Waals surface area contributed by atoms with Crippen LogP contribution in [0, 0.1) is 5.41 Å². The molecule has 1 saturated carbocycles. The van der Waals surface area contributed by atoms with Crippen molar-refractivity contribution >= 4 is 13.3 Å². The van der Waals surface area contributed by atoms with Crippen molar-refractivity contribution in [1.29, 1.82) is 0 Å². The topological polar surface area (TPSA) is 38.7 Å². The van der Waals surface area contributed by atoms with Crippen LogP contribution in [0.1, 0.15) is 32.6 Å². The van der Waals surface area contributed by atoms with Gasteiger partial charge in [0.15, 0.2) is 0 Å². The van der Waals surface area contributed by atoms with E-state index in [0.717, 1.165) is 6.42 Å². The van der Waals surface area contributed by atoms with E-state index in [4.69, 9.17) is 9.47 Å². The molecule has 2 fully saturated rings. The molecule has 1 heterocycles.